The lowest BCUT2D eigenvalue weighted by molar-refractivity contribution is -0.384. The van der Waals surface area contributed by atoms with Gasteiger partial charge in [-0.3, -0.25) is 10.1 Å². The number of hydrogen-bond donors (Lipinski definition) is 1. The molecule has 2 aromatic heterocycles. The lowest BCUT2D eigenvalue weighted by Gasteiger charge is -2.09. The van der Waals surface area contributed by atoms with E-state index in [0.717, 1.165) is 11.2 Å². The van der Waals surface area contributed by atoms with Gasteiger partial charge in [0, 0.05) is 23.4 Å². The Hall–Kier alpha value is -2.68. The van der Waals surface area contributed by atoms with Gasteiger partial charge in [-0.1, -0.05) is 31.7 Å². The van der Waals surface area contributed by atoms with Crippen LogP contribution < -0.4 is 5.32 Å². The number of benzene rings is 1. The Bertz CT molecular complexity index is 908. The number of non-ortho nitro benzene ring substituents is 1. The summed E-state index contributed by atoms with van der Waals surface area (Å²) in [4.78, 5) is 19.5. The van der Waals surface area contributed by atoms with Crippen molar-refractivity contribution in [3.63, 3.8) is 0 Å². The highest BCUT2D eigenvalue weighted by atomic mass is 32.2. The Kier molecular flexibility index (Phi) is 4.34. The third-order valence-corrected chi connectivity index (χ3v) is 4.04. The van der Waals surface area contributed by atoms with E-state index in [2.05, 4.69) is 34.2 Å². The SMILES string of the molecule is CSc1nc(Nc2cccc([N+](=O)[O-])c2)n2ncc(C(C)C)c2n1. The summed E-state index contributed by atoms with van der Waals surface area (Å²) in [6.07, 6.45) is 3.67. The van der Waals surface area contributed by atoms with Crippen LogP contribution in [-0.2, 0) is 0 Å². The summed E-state index contributed by atoms with van der Waals surface area (Å²) in [5.41, 5.74) is 2.34. The molecular weight excluding hydrogens is 328 g/mol. The summed E-state index contributed by atoms with van der Waals surface area (Å²) in [5.74, 6) is 0.745. The first-order chi connectivity index (χ1) is 11.5. The zero-order valence-electron chi connectivity index (χ0n) is 13.4. The van der Waals surface area contributed by atoms with Crippen molar-refractivity contribution in [2.75, 3.05) is 11.6 Å². The third kappa shape index (κ3) is 3.02. The summed E-state index contributed by atoms with van der Waals surface area (Å²) in [7, 11) is 0. The molecule has 0 fully saturated rings. The summed E-state index contributed by atoms with van der Waals surface area (Å²) in [6.45, 7) is 4.15. The van der Waals surface area contributed by atoms with Gasteiger partial charge in [0.05, 0.1) is 11.1 Å². The molecule has 0 aliphatic carbocycles. The van der Waals surface area contributed by atoms with Crippen LogP contribution in [0.4, 0.5) is 17.3 Å². The van der Waals surface area contributed by atoms with Crippen molar-refractivity contribution in [3.8, 4) is 0 Å². The van der Waals surface area contributed by atoms with Crippen molar-refractivity contribution in [3.05, 3.63) is 46.1 Å². The molecule has 0 spiro atoms. The molecule has 124 valence electrons. The fraction of sp³-hybridized carbons (Fsp3) is 0.267. The first-order valence-electron chi connectivity index (χ1n) is 7.30. The van der Waals surface area contributed by atoms with Crippen LogP contribution in [-0.4, -0.2) is 30.8 Å². The van der Waals surface area contributed by atoms with E-state index in [-0.39, 0.29) is 11.6 Å². The van der Waals surface area contributed by atoms with Gasteiger partial charge in [-0.05, 0) is 18.2 Å². The molecule has 24 heavy (non-hydrogen) atoms. The molecule has 0 atom stereocenters. The van der Waals surface area contributed by atoms with Gasteiger partial charge < -0.3 is 5.32 Å². The highest BCUT2D eigenvalue weighted by Gasteiger charge is 2.15. The molecule has 0 aliphatic rings. The van der Waals surface area contributed by atoms with E-state index in [1.165, 1.54) is 23.9 Å². The second-order valence-corrected chi connectivity index (χ2v) is 6.23. The molecular formula is C15H16N6O2S. The number of rotatable bonds is 5. The predicted molar refractivity (Wildman–Crippen MR) is 93.0 cm³/mol. The zero-order valence-corrected chi connectivity index (χ0v) is 14.2. The second-order valence-electron chi connectivity index (χ2n) is 5.46. The van der Waals surface area contributed by atoms with Gasteiger partial charge in [-0.25, -0.2) is 4.98 Å². The van der Waals surface area contributed by atoms with Crippen LogP contribution in [0.15, 0.2) is 35.6 Å². The molecule has 9 heteroatoms. The van der Waals surface area contributed by atoms with Crippen molar-refractivity contribution in [2.24, 2.45) is 0 Å². The van der Waals surface area contributed by atoms with Crippen molar-refractivity contribution < 1.29 is 4.92 Å². The van der Waals surface area contributed by atoms with Crippen LogP contribution >= 0.6 is 11.8 Å². The Balaban J connectivity index is 2.08. The highest BCUT2D eigenvalue weighted by Crippen LogP contribution is 2.25. The average Bonchev–Trinajstić information content (AvgIpc) is 2.99. The van der Waals surface area contributed by atoms with Crippen molar-refractivity contribution in [1.29, 1.82) is 0 Å². The van der Waals surface area contributed by atoms with Crippen molar-refractivity contribution >= 4 is 34.7 Å². The Morgan fingerprint density at radius 2 is 2.12 bits per heavy atom. The minimum absolute atomic E-state index is 0.0127. The monoisotopic (exact) mass is 344 g/mol. The number of nitro benzene ring substituents is 1. The lowest BCUT2D eigenvalue weighted by atomic mass is 10.1. The quantitative estimate of drug-likeness (QED) is 0.429. The fourth-order valence-corrected chi connectivity index (χ4v) is 2.64. The number of nitro groups is 1. The number of nitrogens with one attached hydrogen (secondary N) is 1. The molecule has 0 amide bonds. The van der Waals surface area contributed by atoms with Gasteiger partial charge in [0.1, 0.15) is 0 Å². The van der Waals surface area contributed by atoms with Gasteiger partial charge in [-0.2, -0.15) is 14.6 Å². The number of aromatic nitrogens is 4. The first kappa shape index (κ1) is 16.2. The van der Waals surface area contributed by atoms with Gasteiger partial charge in [0.25, 0.3) is 5.69 Å². The maximum absolute atomic E-state index is 10.9. The minimum Gasteiger partial charge on any atom is -0.324 e. The smallest absolute Gasteiger partial charge is 0.271 e. The molecule has 0 saturated heterocycles. The number of fused-ring (bicyclic) bond motifs is 1. The summed E-state index contributed by atoms with van der Waals surface area (Å²) < 4.78 is 1.62. The normalized spacial score (nSPS) is 11.2. The van der Waals surface area contributed by atoms with Gasteiger partial charge >= 0.3 is 0 Å². The minimum atomic E-state index is -0.432. The van der Waals surface area contributed by atoms with Gasteiger partial charge in [-0.15, -0.1) is 0 Å². The molecule has 0 radical (unpaired) electrons. The summed E-state index contributed by atoms with van der Waals surface area (Å²) in [6, 6.07) is 6.27. The molecule has 0 aliphatic heterocycles. The summed E-state index contributed by atoms with van der Waals surface area (Å²) in [5, 5.41) is 19.0. The molecule has 1 N–H and O–H groups in total. The van der Waals surface area contributed by atoms with Crippen LogP contribution in [0.1, 0.15) is 25.3 Å². The molecule has 0 unspecified atom stereocenters. The molecule has 0 bridgehead atoms. The fourth-order valence-electron chi connectivity index (χ4n) is 2.28. The average molecular weight is 344 g/mol. The van der Waals surface area contributed by atoms with E-state index < -0.39 is 4.92 Å². The lowest BCUT2D eigenvalue weighted by Crippen LogP contribution is -2.06. The Labute approximate surface area is 142 Å². The maximum atomic E-state index is 10.9. The molecule has 2 heterocycles. The van der Waals surface area contributed by atoms with E-state index in [1.807, 2.05) is 6.26 Å². The van der Waals surface area contributed by atoms with Crippen molar-refractivity contribution in [2.45, 2.75) is 24.9 Å². The first-order valence-corrected chi connectivity index (χ1v) is 8.53. The van der Waals surface area contributed by atoms with Crippen molar-refractivity contribution in [1.82, 2.24) is 19.6 Å². The summed E-state index contributed by atoms with van der Waals surface area (Å²) >= 11 is 1.43. The number of hydrogen-bond acceptors (Lipinski definition) is 7. The van der Waals surface area contributed by atoms with E-state index in [4.69, 9.17) is 0 Å². The van der Waals surface area contributed by atoms with Crippen LogP contribution in [0, 0.1) is 10.1 Å². The van der Waals surface area contributed by atoms with Crippen LogP contribution in [0.25, 0.3) is 5.65 Å². The van der Waals surface area contributed by atoms with Crippen LogP contribution in [0.5, 0.6) is 0 Å². The molecule has 3 rings (SSSR count). The van der Waals surface area contributed by atoms with Gasteiger partial charge in [0.2, 0.25) is 5.95 Å². The maximum Gasteiger partial charge on any atom is 0.271 e. The number of thioether (sulfide) groups is 1. The Morgan fingerprint density at radius 1 is 1.33 bits per heavy atom. The highest BCUT2D eigenvalue weighted by molar-refractivity contribution is 7.98. The van der Waals surface area contributed by atoms with E-state index >= 15 is 0 Å². The molecule has 0 saturated carbocycles. The number of anilines is 2. The molecule has 3 aromatic rings. The Morgan fingerprint density at radius 3 is 2.79 bits per heavy atom. The van der Waals surface area contributed by atoms with Gasteiger partial charge in [0.15, 0.2) is 10.8 Å². The zero-order chi connectivity index (χ0) is 17.3. The van der Waals surface area contributed by atoms with Crippen LogP contribution in [0.3, 0.4) is 0 Å². The van der Waals surface area contributed by atoms with Crippen LogP contribution in [0.2, 0.25) is 0 Å². The van der Waals surface area contributed by atoms with E-state index in [1.54, 1.807) is 22.8 Å². The van der Waals surface area contributed by atoms with E-state index in [0.29, 0.717) is 16.8 Å². The third-order valence-electron chi connectivity index (χ3n) is 3.49. The second kappa shape index (κ2) is 6.44. The predicted octanol–water partition coefficient (Wildman–Crippen LogP) is 3.62. The topological polar surface area (TPSA) is 98.2 Å². The van der Waals surface area contributed by atoms with E-state index in [9.17, 15) is 10.1 Å². The largest absolute Gasteiger partial charge is 0.324 e. The molecule has 8 nitrogen and oxygen atoms in total. The number of nitrogens with zero attached hydrogens (tertiary/aromatic N) is 5. The molecule has 1 aromatic carbocycles. The standard InChI is InChI=1S/C15H16N6O2S/c1-9(2)12-8-16-20-13(12)18-15(24-3)19-14(20)17-10-5-4-6-11(7-10)21(22)23/h4-9H,1-3H3,(H,17,18,19).